The van der Waals surface area contributed by atoms with E-state index in [9.17, 15) is 4.79 Å². The Morgan fingerprint density at radius 2 is 1.86 bits per heavy atom. The smallest absolute Gasteiger partial charge is 0.324 e. The molecule has 1 saturated heterocycles. The third-order valence-corrected chi connectivity index (χ3v) is 4.60. The molecule has 0 saturated carbocycles. The Labute approximate surface area is 165 Å². The lowest BCUT2D eigenvalue weighted by Gasteiger charge is -2.18. The number of nitrogens with zero attached hydrogens (tertiary/aromatic N) is 4. The number of oxime groups is 1. The van der Waals surface area contributed by atoms with Crippen molar-refractivity contribution in [1.82, 2.24) is 9.88 Å². The van der Waals surface area contributed by atoms with E-state index in [0.717, 1.165) is 55.9 Å². The molecular formula is C21H26N4O3. The molecule has 7 heteroatoms. The zero-order valence-electron chi connectivity index (χ0n) is 16.2. The number of pyridine rings is 1. The summed E-state index contributed by atoms with van der Waals surface area (Å²) >= 11 is 0. The Kier molecular flexibility index (Phi) is 7.23. The van der Waals surface area contributed by atoms with Crippen LogP contribution in [0.2, 0.25) is 0 Å². The molecule has 0 N–H and O–H groups in total. The SMILES string of the molecule is CO/N=C/c1ccc(OCCCCCN2CCN(c3ccncc3)C2=O)cc1. The second-order valence-corrected chi connectivity index (χ2v) is 6.52. The molecule has 2 heterocycles. The second kappa shape index (κ2) is 10.3. The van der Waals surface area contributed by atoms with Crippen molar-refractivity contribution in [1.29, 1.82) is 0 Å². The minimum absolute atomic E-state index is 0.0829. The van der Waals surface area contributed by atoms with Crippen molar-refractivity contribution < 1.29 is 14.4 Å². The topological polar surface area (TPSA) is 67.3 Å². The summed E-state index contributed by atoms with van der Waals surface area (Å²) in [6.45, 7) is 2.96. The molecule has 2 aromatic rings. The maximum absolute atomic E-state index is 12.5. The molecule has 1 fully saturated rings. The summed E-state index contributed by atoms with van der Waals surface area (Å²) < 4.78 is 5.76. The molecule has 0 spiro atoms. The molecule has 1 aromatic carbocycles. The van der Waals surface area contributed by atoms with Gasteiger partial charge in [-0.2, -0.15) is 0 Å². The molecule has 3 rings (SSSR count). The largest absolute Gasteiger partial charge is 0.494 e. The van der Waals surface area contributed by atoms with Crippen molar-refractivity contribution in [2.75, 3.05) is 38.3 Å². The van der Waals surface area contributed by atoms with Gasteiger partial charge in [0.15, 0.2) is 0 Å². The van der Waals surface area contributed by atoms with E-state index in [1.54, 1.807) is 18.6 Å². The van der Waals surface area contributed by atoms with Gasteiger partial charge >= 0.3 is 6.03 Å². The number of hydrogen-bond acceptors (Lipinski definition) is 5. The Bertz CT molecular complexity index is 765. The number of aromatic nitrogens is 1. The molecule has 0 atom stereocenters. The number of carbonyl (C=O) groups is 1. The highest BCUT2D eigenvalue weighted by Crippen LogP contribution is 2.19. The fourth-order valence-electron chi connectivity index (χ4n) is 3.09. The number of amides is 2. The normalized spacial score (nSPS) is 14.1. The van der Waals surface area contributed by atoms with Gasteiger partial charge in [0.2, 0.25) is 0 Å². The fourth-order valence-corrected chi connectivity index (χ4v) is 3.09. The van der Waals surface area contributed by atoms with Gasteiger partial charge in [0.1, 0.15) is 12.9 Å². The van der Waals surface area contributed by atoms with Crippen molar-refractivity contribution in [3.05, 3.63) is 54.4 Å². The van der Waals surface area contributed by atoms with Crippen LogP contribution in [-0.4, -0.2) is 55.5 Å². The first kappa shape index (κ1) is 19.7. The minimum Gasteiger partial charge on any atom is -0.494 e. The fraction of sp³-hybridized carbons (Fsp3) is 0.381. The molecule has 0 radical (unpaired) electrons. The summed E-state index contributed by atoms with van der Waals surface area (Å²) in [7, 11) is 1.52. The van der Waals surface area contributed by atoms with E-state index < -0.39 is 0 Å². The van der Waals surface area contributed by atoms with Gasteiger partial charge in [-0.05, 0) is 61.2 Å². The molecule has 7 nitrogen and oxygen atoms in total. The van der Waals surface area contributed by atoms with Crippen LogP contribution in [0.25, 0.3) is 0 Å². The van der Waals surface area contributed by atoms with Crippen molar-refractivity contribution in [2.24, 2.45) is 5.16 Å². The van der Waals surface area contributed by atoms with Crippen LogP contribution in [-0.2, 0) is 4.84 Å². The Balaban J connectivity index is 1.31. The van der Waals surface area contributed by atoms with Crippen molar-refractivity contribution in [2.45, 2.75) is 19.3 Å². The maximum atomic E-state index is 12.5. The quantitative estimate of drug-likeness (QED) is 0.358. The first-order valence-electron chi connectivity index (χ1n) is 9.54. The van der Waals surface area contributed by atoms with Gasteiger partial charge in [-0.15, -0.1) is 0 Å². The van der Waals surface area contributed by atoms with E-state index in [2.05, 4.69) is 15.0 Å². The highest BCUT2D eigenvalue weighted by Gasteiger charge is 2.28. The van der Waals surface area contributed by atoms with E-state index in [-0.39, 0.29) is 6.03 Å². The van der Waals surface area contributed by atoms with Crippen molar-refractivity contribution in [3.63, 3.8) is 0 Å². The predicted octanol–water partition coefficient (Wildman–Crippen LogP) is 3.55. The molecule has 1 aromatic heterocycles. The van der Waals surface area contributed by atoms with Crippen LogP contribution in [0.1, 0.15) is 24.8 Å². The van der Waals surface area contributed by atoms with E-state index in [1.807, 2.05) is 46.2 Å². The molecule has 0 unspecified atom stereocenters. The van der Waals surface area contributed by atoms with E-state index in [4.69, 9.17) is 4.74 Å². The van der Waals surface area contributed by atoms with E-state index in [1.165, 1.54) is 7.11 Å². The zero-order chi connectivity index (χ0) is 19.6. The number of benzene rings is 1. The lowest BCUT2D eigenvalue weighted by Crippen LogP contribution is -2.32. The summed E-state index contributed by atoms with van der Waals surface area (Å²) in [5.41, 5.74) is 1.88. The van der Waals surface area contributed by atoms with Gasteiger partial charge < -0.3 is 14.5 Å². The first-order valence-corrected chi connectivity index (χ1v) is 9.54. The second-order valence-electron chi connectivity index (χ2n) is 6.52. The van der Waals surface area contributed by atoms with Crippen LogP contribution in [0.3, 0.4) is 0 Å². The summed E-state index contributed by atoms with van der Waals surface area (Å²) in [5.74, 6) is 0.845. The predicted molar refractivity (Wildman–Crippen MR) is 109 cm³/mol. The minimum atomic E-state index is 0.0829. The lowest BCUT2D eigenvalue weighted by molar-refractivity contribution is 0.215. The third-order valence-electron chi connectivity index (χ3n) is 4.60. The van der Waals surface area contributed by atoms with E-state index in [0.29, 0.717) is 6.61 Å². The number of unbranched alkanes of at least 4 members (excludes halogenated alkanes) is 2. The monoisotopic (exact) mass is 382 g/mol. The van der Waals surface area contributed by atoms with Gasteiger partial charge in [-0.25, -0.2) is 4.79 Å². The highest BCUT2D eigenvalue weighted by molar-refractivity contribution is 5.94. The highest BCUT2D eigenvalue weighted by atomic mass is 16.6. The molecule has 0 aliphatic carbocycles. The van der Waals surface area contributed by atoms with Crippen LogP contribution in [0.15, 0.2) is 53.9 Å². The number of anilines is 1. The number of hydrogen-bond donors (Lipinski definition) is 0. The van der Waals surface area contributed by atoms with Crippen LogP contribution in [0.4, 0.5) is 10.5 Å². The number of carbonyl (C=O) groups excluding carboxylic acids is 1. The van der Waals surface area contributed by atoms with Crippen LogP contribution in [0, 0.1) is 0 Å². The number of ether oxygens (including phenoxy) is 1. The number of urea groups is 1. The molecule has 1 aliphatic rings. The molecule has 1 aliphatic heterocycles. The Hall–Kier alpha value is -3.09. The van der Waals surface area contributed by atoms with Gasteiger partial charge in [-0.1, -0.05) is 5.16 Å². The number of rotatable bonds is 10. The Morgan fingerprint density at radius 1 is 1.07 bits per heavy atom. The molecule has 0 bridgehead atoms. The molecule has 2 amide bonds. The summed E-state index contributed by atoms with van der Waals surface area (Å²) in [5, 5.41) is 3.73. The van der Waals surface area contributed by atoms with Crippen molar-refractivity contribution >= 4 is 17.9 Å². The first-order chi connectivity index (χ1) is 13.8. The van der Waals surface area contributed by atoms with Crippen molar-refractivity contribution in [3.8, 4) is 5.75 Å². The lowest BCUT2D eigenvalue weighted by atomic mass is 10.2. The van der Waals surface area contributed by atoms with Crippen LogP contribution >= 0.6 is 0 Å². The van der Waals surface area contributed by atoms with Gasteiger partial charge in [0, 0.05) is 37.7 Å². The van der Waals surface area contributed by atoms with Gasteiger partial charge in [0.25, 0.3) is 0 Å². The average molecular weight is 382 g/mol. The third kappa shape index (κ3) is 5.45. The van der Waals surface area contributed by atoms with E-state index >= 15 is 0 Å². The molecule has 148 valence electrons. The standard InChI is InChI=1S/C21H26N4O3/c1-27-23-17-18-5-7-20(8-6-18)28-16-4-2-3-13-24-14-15-25(21(24)26)19-9-11-22-12-10-19/h5-12,17H,2-4,13-16H2,1H3/b23-17+. The summed E-state index contributed by atoms with van der Waals surface area (Å²) in [4.78, 5) is 24.9. The zero-order valence-corrected chi connectivity index (χ0v) is 16.2. The van der Waals surface area contributed by atoms with Gasteiger partial charge in [0.05, 0.1) is 12.8 Å². The van der Waals surface area contributed by atoms with Crippen LogP contribution in [0.5, 0.6) is 5.75 Å². The maximum Gasteiger partial charge on any atom is 0.324 e. The van der Waals surface area contributed by atoms with Crippen LogP contribution < -0.4 is 9.64 Å². The average Bonchev–Trinajstić information content (AvgIpc) is 3.11. The summed E-state index contributed by atoms with van der Waals surface area (Å²) in [6, 6.07) is 11.5. The summed E-state index contributed by atoms with van der Waals surface area (Å²) in [6.07, 6.45) is 8.05. The Morgan fingerprint density at radius 3 is 2.61 bits per heavy atom. The van der Waals surface area contributed by atoms with Gasteiger partial charge in [-0.3, -0.25) is 9.88 Å². The molecule has 28 heavy (non-hydrogen) atoms. The molecular weight excluding hydrogens is 356 g/mol.